The second-order valence-electron chi connectivity index (χ2n) is 16.2. The van der Waals surface area contributed by atoms with Crippen molar-refractivity contribution in [2.75, 3.05) is 7.11 Å². The van der Waals surface area contributed by atoms with E-state index in [2.05, 4.69) is 26.6 Å². The molecule has 0 fully saturated rings. The number of rotatable bonds is 20. The Hall–Kier alpha value is -4.94. The van der Waals surface area contributed by atoms with Crippen LogP contribution in [0, 0.1) is 17.8 Å². The van der Waals surface area contributed by atoms with E-state index < -0.39 is 71.5 Å². The third-order valence-electron chi connectivity index (χ3n) is 8.40. The molecule has 304 valence electrons. The third-order valence-corrected chi connectivity index (χ3v) is 8.40. The summed E-state index contributed by atoms with van der Waals surface area (Å²) in [5.41, 5.74) is 0.786. The molecule has 0 aliphatic rings. The van der Waals surface area contributed by atoms with Gasteiger partial charge in [-0.1, -0.05) is 102 Å². The predicted molar refractivity (Wildman–Crippen MR) is 212 cm³/mol. The lowest BCUT2D eigenvalue weighted by Gasteiger charge is -2.29. The van der Waals surface area contributed by atoms with Crippen LogP contribution in [0.2, 0.25) is 0 Å². The van der Waals surface area contributed by atoms with Gasteiger partial charge in [-0.3, -0.25) is 19.2 Å². The fourth-order valence-electron chi connectivity index (χ4n) is 5.89. The average molecular weight is 766 g/mol. The summed E-state index contributed by atoms with van der Waals surface area (Å²) in [5, 5.41) is 13.9. The first-order valence-corrected chi connectivity index (χ1v) is 19.1. The van der Waals surface area contributed by atoms with E-state index in [-0.39, 0.29) is 43.4 Å². The summed E-state index contributed by atoms with van der Waals surface area (Å²) < 4.78 is 10.4. The normalized spacial score (nSPS) is 14.2. The number of amides is 5. The van der Waals surface area contributed by atoms with Gasteiger partial charge in [0.25, 0.3) is 0 Å². The number of hydrogen-bond donors (Lipinski definition) is 5. The molecule has 13 heteroatoms. The minimum atomic E-state index is -1.14. The Labute approximate surface area is 326 Å². The van der Waals surface area contributed by atoms with E-state index in [4.69, 9.17) is 9.47 Å². The molecule has 0 aliphatic carbocycles. The molecule has 0 aromatic heterocycles. The summed E-state index contributed by atoms with van der Waals surface area (Å²) in [6.07, 6.45) is 0.301. The zero-order valence-electron chi connectivity index (χ0n) is 34.2. The molecule has 0 bridgehead atoms. The van der Waals surface area contributed by atoms with E-state index in [0.717, 1.165) is 11.1 Å². The van der Waals surface area contributed by atoms with Crippen LogP contribution in [0.3, 0.4) is 0 Å². The number of ether oxygens (including phenoxy) is 2. The topological polar surface area (TPSA) is 181 Å². The lowest BCUT2D eigenvalue weighted by Crippen LogP contribution is -2.59. The van der Waals surface area contributed by atoms with Gasteiger partial charge in [-0.15, -0.1) is 0 Å². The van der Waals surface area contributed by atoms with Gasteiger partial charge in [0.05, 0.1) is 7.11 Å². The van der Waals surface area contributed by atoms with Crippen molar-refractivity contribution in [1.82, 2.24) is 26.6 Å². The van der Waals surface area contributed by atoms with Gasteiger partial charge >= 0.3 is 12.1 Å². The maximum Gasteiger partial charge on any atom is 0.408 e. The van der Waals surface area contributed by atoms with Gasteiger partial charge in [-0.2, -0.15) is 0 Å². The van der Waals surface area contributed by atoms with E-state index in [1.165, 1.54) is 7.11 Å². The fourth-order valence-corrected chi connectivity index (χ4v) is 5.89. The zero-order chi connectivity index (χ0) is 41.3. The molecule has 0 saturated heterocycles. The standard InChI is InChI=1S/C42H63N5O8/c1-26(2)21-31(43-38(50)33(23-28(5)6)47-41(53)55-42(7,8)9)36(48)45-34(24-29-17-13-11-14-18-29)39(51)44-32(22-27(3)4)37(49)46-35(40(52)54-10)25-30-19-15-12-16-20-30/h11-20,26-28,31-35H,21-25H2,1-10H3,(H,43,50)(H,44,51)(H,45,48)(H,46,49)(H,47,53)/t31-,32+,33-,34+,35-/m0/s1. The Morgan fingerprint density at radius 3 is 1.20 bits per heavy atom. The summed E-state index contributed by atoms with van der Waals surface area (Å²) in [6.45, 7) is 16.6. The number of methoxy groups -OCH3 is 1. The van der Waals surface area contributed by atoms with Crippen molar-refractivity contribution in [2.45, 2.75) is 130 Å². The van der Waals surface area contributed by atoms with Crippen molar-refractivity contribution in [2.24, 2.45) is 17.8 Å². The molecular weight excluding hydrogens is 702 g/mol. The van der Waals surface area contributed by atoms with E-state index >= 15 is 0 Å². The van der Waals surface area contributed by atoms with Gasteiger partial charge < -0.3 is 36.1 Å². The van der Waals surface area contributed by atoms with Crippen LogP contribution in [0.5, 0.6) is 0 Å². The summed E-state index contributed by atoms with van der Waals surface area (Å²) in [5.74, 6) is -3.01. The van der Waals surface area contributed by atoms with Crippen LogP contribution in [-0.2, 0) is 46.3 Å². The van der Waals surface area contributed by atoms with E-state index in [1.807, 2.05) is 102 Å². The number of benzene rings is 2. The molecule has 5 N–H and O–H groups in total. The number of carbonyl (C=O) groups excluding carboxylic acids is 6. The lowest BCUT2D eigenvalue weighted by atomic mass is 9.98. The van der Waals surface area contributed by atoms with Crippen molar-refractivity contribution in [3.05, 3.63) is 71.8 Å². The highest BCUT2D eigenvalue weighted by Gasteiger charge is 2.34. The van der Waals surface area contributed by atoms with Gasteiger partial charge in [-0.25, -0.2) is 9.59 Å². The molecule has 5 atom stereocenters. The smallest absolute Gasteiger partial charge is 0.408 e. The van der Waals surface area contributed by atoms with Crippen molar-refractivity contribution in [3.8, 4) is 0 Å². The second-order valence-corrected chi connectivity index (χ2v) is 16.2. The highest BCUT2D eigenvalue weighted by Crippen LogP contribution is 2.14. The van der Waals surface area contributed by atoms with Crippen molar-refractivity contribution < 1.29 is 38.2 Å². The molecule has 0 heterocycles. The van der Waals surface area contributed by atoms with E-state index in [1.54, 1.807) is 20.8 Å². The highest BCUT2D eigenvalue weighted by molar-refractivity contribution is 5.96. The maximum atomic E-state index is 14.1. The predicted octanol–water partition coefficient (Wildman–Crippen LogP) is 4.62. The molecule has 55 heavy (non-hydrogen) atoms. The van der Waals surface area contributed by atoms with Crippen LogP contribution in [0.25, 0.3) is 0 Å². The van der Waals surface area contributed by atoms with Crippen LogP contribution in [0.4, 0.5) is 4.79 Å². The Morgan fingerprint density at radius 1 is 0.509 bits per heavy atom. The number of hydrogen-bond acceptors (Lipinski definition) is 8. The summed E-state index contributed by atoms with van der Waals surface area (Å²) in [4.78, 5) is 81.0. The number of alkyl carbamates (subject to hydrolysis) is 1. The van der Waals surface area contributed by atoms with Crippen molar-refractivity contribution >= 4 is 35.7 Å². The van der Waals surface area contributed by atoms with Crippen LogP contribution in [0.15, 0.2) is 60.7 Å². The molecule has 0 unspecified atom stereocenters. The Bertz CT molecular complexity index is 1540. The zero-order valence-corrected chi connectivity index (χ0v) is 34.2. The molecule has 5 amide bonds. The van der Waals surface area contributed by atoms with Gasteiger partial charge in [0.15, 0.2) is 0 Å². The molecule has 2 aromatic carbocycles. The summed E-state index contributed by atoms with van der Waals surface area (Å²) in [6, 6.07) is 13.1. The van der Waals surface area contributed by atoms with Crippen molar-refractivity contribution in [1.29, 1.82) is 0 Å². The molecular formula is C42H63N5O8. The minimum absolute atomic E-state index is 0.0253. The first kappa shape index (κ1) is 46.2. The first-order chi connectivity index (χ1) is 25.8. The molecule has 2 aromatic rings. The highest BCUT2D eigenvalue weighted by atomic mass is 16.6. The first-order valence-electron chi connectivity index (χ1n) is 19.1. The van der Waals surface area contributed by atoms with E-state index in [0.29, 0.717) is 6.42 Å². The summed E-state index contributed by atoms with van der Waals surface area (Å²) in [7, 11) is 1.24. The van der Waals surface area contributed by atoms with Crippen LogP contribution in [0.1, 0.15) is 92.7 Å². The maximum absolute atomic E-state index is 14.1. The summed E-state index contributed by atoms with van der Waals surface area (Å²) >= 11 is 0. The van der Waals surface area contributed by atoms with Crippen LogP contribution in [-0.4, -0.2) is 78.6 Å². The Morgan fingerprint density at radius 2 is 0.836 bits per heavy atom. The average Bonchev–Trinajstić information content (AvgIpc) is 3.09. The van der Waals surface area contributed by atoms with Crippen LogP contribution >= 0.6 is 0 Å². The molecule has 0 radical (unpaired) electrons. The Kier molecular flexibility index (Phi) is 18.9. The monoisotopic (exact) mass is 765 g/mol. The number of esters is 1. The Balaban J connectivity index is 2.37. The minimum Gasteiger partial charge on any atom is -0.467 e. The van der Waals surface area contributed by atoms with E-state index in [9.17, 15) is 28.8 Å². The molecule has 0 aliphatic heterocycles. The number of carbonyl (C=O) groups is 6. The molecule has 2 rings (SSSR count). The SMILES string of the molecule is COC(=O)[C@H](Cc1ccccc1)NC(=O)[C@@H](CC(C)C)NC(=O)[C@@H](Cc1ccccc1)NC(=O)[C@H](CC(C)C)NC(=O)[C@H](CC(C)C)NC(=O)OC(C)(C)C. The van der Waals surface area contributed by atoms with Gasteiger partial charge in [-0.05, 0) is 68.9 Å². The lowest BCUT2D eigenvalue weighted by molar-refractivity contribution is -0.145. The van der Waals surface area contributed by atoms with Gasteiger partial charge in [0.2, 0.25) is 23.6 Å². The molecule has 0 saturated carbocycles. The van der Waals surface area contributed by atoms with Gasteiger partial charge in [0, 0.05) is 12.8 Å². The molecule has 13 nitrogen and oxygen atoms in total. The molecule has 0 spiro atoms. The third kappa shape index (κ3) is 17.8. The largest absolute Gasteiger partial charge is 0.467 e. The van der Waals surface area contributed by atoms with Crippen molar-refractivity contribution in [3.63, 3.8) is 0 Å². The van der Waals surface area contributed by atoms with Gasteiger partial charge in [0.1, 0.15) is 35.8 Å². The van der Waals surface area contributed by atoms with Crippen LogP contribution < -0.4 is 26.6 Å². The fraction of sp³-hybridized carbons (Fsp3) is 0.571. The quantitative estimate of drug-likeness (QED) is 0.121. The second kappa shape index (κ2) is 22.4. The number of nitrogens with one attached hydrogen (secondary N) is 5.